The summed E-state index contributed by atoms with van der Waals surface area (Å²) >= 11 is 0. The molecule has 184 valence electrons. The number of pyridine rings is 1. The van der Waals surface area contributed by atoms with Crippen molar-refractivity contribution in [1.29, 1.82) is 0 Å². The van der Waals surface area contributed by atoms with E-state index in [1.165, 1.54) is 25.0 Å². The van der Waals surface area contributed by atoms with Gasteiger partial charge in [-0.1, -0.05) is 6.07 Å². The second-order valence-corrected chi connectivity index (χ2v) is 10.2. The summed E-state index contributed by atoms with van der Waals surface area (Å²) in [4.78, 5) is 19.8. The SMILES string of the molecule is CC1(C)O/C(=C2/C(=O)Nc3cc(F)ccc32)C=C1c1ccc(CCN2CCCC(CCO)C2)nc1. The Balaban J connectivity index is 1.32. The molecule has 7 heteroatoms. The highest BCUT2D eigenvalue weighted by Crippen LogP contribution is 2.44. The lowest BCUT2D eigenvalue weighted by Crippen LogP contribution is -2.37. The van der Waals surface area contributed by atoms with Crippen molar-refractivity contribution >= 4 is 22.7 Å². The predicted molar refractivity (Wildman–Crippen MR) is 134 cm³/mol. The van der Waals surface area contributed by atoms with Gasteiger partial charge in [0.1, 0.15) is 17.2 Å². The van der Waals surface area contributed by atoms with Crippen LogP contribution in [0.25, 0.3) is 11.1 Å². The third-order valence-electron chi connectivity index (χ3n) is 7.22. The maximum Gasteiger partial charge on any atom is 0.260 e. The molecule has 0 spiro atoms. The van der Waals surface area contributed by atoms with Crippen LogP contribution in [0.2, 0.25) is 0 Å². The lowest BCUT2D eigenvalue weighted by atomic mass is 9.93. The van der Waals surface area contributed by atoms with Gasteiger partial charge in [-0.15, -0.1) is 0 Å². The number of amides is 1. The molecule has 1 saturated heterocycles. The maximum atomic E-state index is 13.6. The Hall–Kier alpha value is -3.03. The zero-order chi connectivity index (χ0) is 24.6. The van der Waals surface area contributed by atoms with Gasteiger partial charge < -0.3 is 20.1 Å². The smallest absolute Gasteiger partial charge is 0.260 e. The summed E-state index contributed by atoms with van der Waals surface area (Å²) in [6, 6.07) is 8.41. The molecule has 2 aromatic rings. The Morgan fingerprint density at radius 2 is 2.14 bits per heavy atom. The standard InChI is InChI=1S/C28H32FN3O3/c1-28(2)23(15-25(35-28)26-22-8-6-20(29)14-24(22)31-27(26)34)19-5-7-21(30-16-19)9-12-32-11-3-4-18(17-32)10-13-33/h5-8,14-16,18,33H,3-4,9-13,17H2,1-2H3,(H,31,34)/b26-25+. The van der Waals surface area contributed by atoms with Crippen molar-refractivity contribution in [3.05, 3.63) is 71.0 Å². The number of nitrogens with one attached hydrogen (secondary N) is 1. The van der Waals surface area contributed by atoms with Gasteiger partial charge >= 0.3 is 0 Å². The zero-order valence-electron chi connectivity index (χ0n) is 20.3. The van der Waals surface area contributed by atoms with Crippen molar-refractivity contribution in [2.45, 2.75) is 45.1 Å². The molecule has 35 heavy (non-hydrogen) atoms. The van der Waals surface area contributed by atoms with Gasteiger partial charge in [0.2, 0.25) is 0 Å². The van der Waals surface area contributed by atoms with E-state index in [-0.39, 0.29) is 12.5 Å². The van der Waals surface area contributed by atoms with Crippen LogP contribution < -0.4 is 5.32 Å². The minimum Gasteiger partial charge on any atom is -0.482 e. The Kier molecular flexibility index (Phi) is 6.47. The number of halogens is 1. The van der Waals surface area contributed by atoms with Gasteiger partial charge in [0.25, 0.3) is 5.91 Å². The summed E-state index contributed by atoms with van der Waals surface area (Å²) in [5.74, 6) is 0.397. The zero-order valence-corrected chi connectivity index (χ0v) is 20.3. The van der Waals surface area contributed by atoms with Gasteiger partial charge in [-0.2, -0.15) is 0 Å². The first-order valence-electron chi connectivity index (χ1n) is 12.4. The highest BCUT2D eigenvalue weighted by molar-refractivity contribution is 6.32. The van der Waals surface area contributed by atoms with Crippen LogP contribution >= 0.6 is 0 Å². The first-order valence-corrected chi connectivity index (χ1v) is 12.4. The quantitative estimate of drug-likeness (QED) is 0.603. The molecule has 5 rings (SSSR count). The van der Waals surface area contributed by atoms with Crippen LogP contribution in [-0.2, 0) is 16.0 Å². The van der Waals surface area contributed by atoms with E-state index in [1.807, 2.05) is 26.1 Å². The van der Waals surface area contributed by atoms with E-state index in [0.29, 0.717) is 28.5 Å². The number of anilines is 1. The summed E-state index contributed by atoms with van der Waals surface area (Å²) in [6.07, 6.45) is 7.95. The van der Waals surface area contributed by atoms with E-state index in [1.54, 1.807) is 6.07 Å². The van der Waals surface area contributed by atoms with Gasteiger partial charge in [0.05, 0.1) is 11.3 Å². The highest BCUT2D eigenvalue weighted by Gasteiger charge is 2.38. The number of hydrogen-bond acceptors (Lipinski definition) is 5. The van der Waals surface area contributed by atoms with Crippen LogP contribution in [0.15, 0.2) is 48.4 Å². The number of allylic oxidation sites excluding steroid dienone is 1. The Bertz CT molecular complexity index is 1180. The van der Waals surface area contributed by atoms with Crippen molar-refractivity contribution in [2.24, 2.45) is 5.92 Å². The fourth-order valence-corrected chi connectivity index (χ4v) is 5.38. The lowest BCUT2D eigenvalue weighted by molar-refractivity contribution is -0.111. The van der Waals surface area contributed by atoms with E-state index in [4.69, 9.17) is 9.72 Å². The molecule has 2 N–H and O–H groups in total. The largest absolute Gasteiger partial charge is 0.482 e. The highest BCUT2D eigenvalue weighted by atomic mass is 19.1. The number of piperidine rings is 1. The Morgan fingerprint density at radius 3 is 2.91 bits per heavy atom. The molecule has 0 bridgehead atoms. The number of fused-ring (bicyclic) bond motifs is 1. The molecule has 0 radical (unpaired) electrons. The van der Waals surface area contributed by atoms with Gasteiger partial charge in [0, 0.05) is 54.7 Å². The van der Waals surface area contributed by atoms with Crippen LogP contribution in [0.3, 0.4) is 0 Å². The number of ether oxygens (including phenoxy) is 1. The first kappa shape index (κ1) is 23.7. The van der Waals surface area contributed by atoms with Crippen LogP contribution in [-0.4, -0.2) is 52.7 Å². The molecule has 1 unspecified atom stereocenters. The Morgan fingerprint density at radius 1 is 1.29 bits per heavy atom. The number of carbonyl (C=O) groups excluding carboxylic acids is 1. The summed E-state index contributed by atoms with van der Waals surface area (Å²) in [7, 11) is 0. The summed E-state index contributed by atoms with van der Waals surface area (Å²) in [5, 5.41) is 12.0. The fourth-order valence-electron chi connectivity index (χ4n) is 5.38. The van der Waals surface area contributed by atoms with Crippen molar-refractivity contribution in [3.8, 4) is 0 Å². The molecule has 6 nitrogen and oxygen atoms in total. The molecular formula is C28H32FN3O3. The van der Waals surface area contributed by atoms with Crippen molar-refractivity contribution in [2.75, 3.05) is 31.6 Å². The molecular weight excluding hydrogens is 445 g/mol. The second-order valence-electron chi connectivity index (χ2n) is 10.2. The normalized spacial score (nSPS) is 23.6. The van der Waals surface area contributed by atoms with Crippen molar-refractivity contribution in [3.63, 3.8) is 0 Å². The van der Waals surface area contributed by atoms with Crippen LogP contribution in [0.4, 0.5) is 10.1 Å². The number of carbonyl (C=O) groups is 1. The van der Waals surface area contributed by atoms with E-state index in [2.05, 4.69) is 22.3 Å². The average molecular weight is 478 g/mol. The number of aliphatic hydroxyl groups excluding tert-OH is 1. The Labute approximate surface area is 205 Å². The third-order valence-corrected chi connectivity index (χ3v) is 7.22. The van der Waals surface area contributed by atoms with Crippen LogP contribution in [0.5, 0.6) is 0 Å². The fraction of sp³-hybridized carbons (Fsp3) is 0.429. The van der Waals surface area contributed by atoms with E-state index < -0.39 is 11.4 Å². The second kappa shape index (κ2) is 9.55. The molecule has 1 amide bonds. The molecule has 3 aliphatic rings. The summed E-state index contributed by atoms with van der Waals surface area (Å²) < 4.78 is 19.8. The number of rotatable bonds is 6. The molecule has 0 saturated carbocycles. The molecule has 0 aliphatic carbocycles. The van der Waals surface area contributed by atoms with Gasteiger partial charge in [-0.05, 0) is 75.9 Å². The predicted octanol–water partition coefficient (Wildman–Crippen LogP) is 4.41. The number of aromatic nitrogens is 1. The van der Waals surface area contributed by atoms with Crippen LogP contribution in [0.1, 0.15) is 49.9 Å². The van der Waals surface area contributed by atoms with E-state index in [0.717, 1.165) is 49.3 Å². The molecule has 1 fully saturated rings. The minimum atomic E-state index is -0.635. The molecule has 1 aromatic heterocycles. The number of benzene rings is 1. The topological polar surface area (TPSA) is 74.7 Å². The number of nitrogens with zero attached hydrogens (tertiary/aromatic N) is 2. The molecule has 3 aliphatic heterocycles. The summed E-state index contributed by atoms with van der Waals surface area (Å²) in [5.41, 5.74) is 3.84. The van der Waals surface area contributed by atoms with Gasteiger partial charge in [-0.25, -0.2) is 4.39 Å². The van der Waals surface area contributed by atoms with E-state index >= 15 is 0 Å². The van der Waals surface area contributed by atoms with Crippen molar-refractivity contribution in [1.82, 2.24) is 9.88 Å². The minimum absolute atomic E-state index is 0.269. The maximum absolute atomic E-state index is 13.6. The van der Waals surface area contributed by atoms with Crippen molar-refractivity contribution < 1.29 is 19.0 Å². The third kappa shape index (κ3) is 4.88. The number of aliphatic hydroxyl groups is 1. The number of likely N-dealkylation sites (tertiary alicyclic amines) is 1. The van der Waals surface area contributed by atoms with Crippen LogP contribution in [0, 0.1) is 11.7 Å². The van der Waals surface area contributed by atoms with E-state index in [9.17, 15) is 14.3 Å². The molecule has 1 atom stereocenters. The average Bonchev–Trinajstić information content (AvgIpc) is 3.32. The molecule has 4 heterocycles. The van der Waals surface area contributed by atoms with Gasteiger partial charge in [0.15, 0.2) is 0 Å². The first-order chi connectivity index (χ1) is 16.8. The lowest BCUT2D eigenvalue weighted by Gasteiger charge is -2.32. The monoisotopic (exact) mass is 477 g/mol. The molecule has 1 aromatic carbocycles. The van der Waals surface area contributed by atoms with Gasteiger partial charge in [-0.3, -0.25) is 9.78 Å². The summed E-state index contributed by atoms with van der Waals surface area (Å²) in [6.45, 7) is 7.34. The number of hydrogen-bond donors (Lipinski definition) is 2.